The summed E-state index contributed by atoms with van der Waals surface area (Å²) >= 11 is 1.67. The summed E-state index contributed by atoms with van der Waals surface area (Å²) in [5.41, 5.74) is 3.48. The average molecular weight is 275 g/mol. The lowest BCUT2D eigenvalue weighted by Gasteiger charge is -2.09. The van der Waals surface area contributed by atoms with Crippen LogP contribution < -0.4 is 5.32 Å². The highest BCUT2D eigenvalue weighted by molar-refractivity contribution is 7.08. The van der Waals surface area contributed by atoms with Gasteiger partial charge in [0, 0.05) is 13.2 Å². The zero-order chi connectivity index (χ0) is 13.5. The van der Waals surface area contributed by atoms with Crippen LogP contribution in [0, 0.1) is 0 Å². The van der Waals surface area contributed by atoms with E-state index in [0.29, 0.717) is 13.2 Å². The van der Waals surface area contributed by atoms with Gasteiger partial charge in [-0.1, -0.05) is 24.3 Å². The van der Waals surface area contributed by atoms with Gasteiger partial charge in [-0.15, -0.1) is 0 Å². The van der Waals surface area contributed by atoms with Crippen molar-refractivity contribution in [2.45, 2.75) is 13.5 Å². The van der Waals surface area contributed by atoms with Crippen LogP contribution in [0.1, 0.15) is 12.5 Å². The summed E-state index contributed by atoms with van der Waals surface area (Å²) in [5, 5.41) is 7.04. The highest BCUT2D eigenvalue weighted by atomic mass is 32.1. The maximum absolute atomic E-state index is 11.5. The fourth-order valence-corrected chi connectivity index (χ4v) is 2.47. The number of carbonyl (C=O) groups is 1. The molecule has 1 N–H and O–H groups in total. The molecule has 19 heavy (non-hydrogen) atoms. The van der Waals surface area contributed by atoms with Crippen molar-refractivity contribution in [3.63, 3.8) is 0 Å². The lowest BCUT2D eigenvalue weighted by atomic mass is 10.0. The van der Waals surface area contributed by atoms with Gasteiger partial charge in [0.15, 0.2) is 0 Å². The summed E-state index contributed by atoms with van der Waals surface area (Å²) in [6.07, 6.45) is 0. The maximum atomic E-state index is 11.5. The van der Waals surface area contributed by atoms with E-state index in [0.717, 1.165) is 5.56 Å². The molecule has 1 heterocycles. The Labute approximate surface area is 117 Å². The van der Waals surface area contributed by atoms with Crippen LogP contribution in [0.25, 0.3) is 11.1 Å². The van der Waals surface area contributed by atoms with Crippen molar-refractivity contribution in [2.24, 2.45) is 0 Å². The van der Waals surface area contributed by atoms with Crippen molar-refractivity contribution in [2.75, 3.05) is 13.2 Å². The Morgan fingerprint density at radius 2 is 2.16 bits per heavy atom. The van der Waals surface area contributed by atoms with E-state index in [-0.39, 0.29) is 12.5 Å². The van der Waals surface area contributed by atoms with E-state index in [4.69, 9.17) is 4.74 Å². The SMILES string of the molecule is CCOCC(=O)NCc1ccccc1-c1ccsc1. The number of hydrogen-bond acceptors (Lipinski definition) is 3. The Balaban J connectivity index is 2.03. The number of amides is 1. The molecular formula is C15H17NO2S. The van der Waals surface area contributed by atoms with E-state index in [1.54, 1.807) is 11.3 Å². The number of carbonyl (C=O) groups excluding carboxylic acids is 1. The standard InChI is InChI=1S/C15H17NO2S/c1-2-18-10-15(17)16-9-12-5-3-4-6-14(12)13-7-8-19-11-13/h3-8,11H,2,9-10H2,1H3,(H,16,17). The highest BCUT2D eigenvalue weighted by Gasteiger charge is 2.06. The van der Waals surface area contributed by atoms with E-state index in [2.05, 4.69) is 28.2 Å². The Morgan fingerprint density at radius 3 is 2.89 bits per heavy atom. The predicted molar refractivity (Wildman–Crippen MR) is 78.1 cm³/mol. The topological polar surface area (TPSA) is 38.3 Å². The van der Waals surface area contributed by atoms with Crippen LogP contribution in [0.3, 0.4) is 0 Å². The van der Waals surface area contributed by atoms with Gasteiger partial charge in [0.05, 0.1) is 0 Å². The maximum Gasteiger partial charge on any atom is 0.246 e. The van der Waals surface area contributed by atoms with E-state index in [1.807, 2.05) is 25.1 Å². The molecule has 0 radical (unpaired) electrons. The van der Waals surface area contributed by atoms with Crippen LogP contribution in [0.15, 0.2) is 41.1 Å². The summed E-state index contributed by atoms with van der Waals surface area (Å²) in [6.45, 7) is 3.08. The number of rotatable bonds is 6. The molecule has 0 unspecified atom stereocenters. The van der Waals surface area contributed by atoms with Crippen molar-refractivity contribution in [1.82, 2.24) is 5.32 Å². The second-order valence-electron chi connectivity index (χ2n) is 4.08. The van der Waals surface area contributed by atoms with Crippen molar-refractivity contribution >= 4 is 17.2 Å². The molecule has 0 saturated heterocycles. The average Bonchev–Trinajstić information content (AvgIpc) is 2.97. The minimum atomic E-state index is -0.0815. The molecule has 100 valence electrons. The fourth-order valence-electron chi connectivity index (χ4n) is 1.81. The first-order chi connectivity index (χ1) is 9.31. The van der Waals surface area contributed by atoms with Gasteiger partial charge >= 0.3 is 0 Å². The summed E-state index contributed by atoms with van der Waals surface area (Å²) in [6, 6.07) is 10.2. The van der Waals surface area contributed by atoms with Crippen molar-refractivity contribution < 1.29 is 9.53 Å². The molecule has 1 aromatic carbocycles. The minimum absolute atomic E-state index is 0.0815. The molecule has 0 aliphatic rings. The van der Waals surface area contributed by atoms with Gasteiger partial charge in [-0.05, 0) is 40.4 Å². The zero-order valence-corrected chi connectivity index (χ0v) is 11.7. The molecule has 3 nitrogen and oxygen atoms in total. The Morgan fingerprint density at radius 1 is 1.32 bits per heavy atom. The monoisotopic (exact) mass is 275 g/mol. The summed E-state index contributed by atoms with van der Waals surface area (Å²) < 4.78 is 5.08. The second kappa shape index (κ2) is 7.07. The largest absolute Gasteiger partial charge is 0.372 e. The molecule has 0 fully saturated rings. The molecule has 0 spiro atoms. The Hall–Kier alpha value is -1.65. The first kappa shape index (κ1) is 13.8. The van der Waals surface area contributed by atoms with Crippen LogP contribution in [0.5, 0.6) is 0 Å². The van der Waals surface area contributed by atoms with E-state index in [9.17, 15) is 4.79 Å². The first-order valence-corrected chi connectivity index (χ1v) is 7.20. The van der Waals surface area contributed by atoms with Crippen LogP contribution in [0.4, 0.5) is 0 Å². The predicted octanol–water partition coefficient (Wildman–Crippen LogP) is 3.07. The third kappa shape index (κ3) is 3.91. The molecule has 0 saturated carbocycles. The summed E-state index contributed by atoms with van der Waals surface area (Å²) in [7, 11) is 0. The normalized spacial score (nSPS) is 10.4. The van der Waals surface area contributed by atoms with Gasteiger partial charge < -0.3 is 10.1 Å². The smallest absolute Gasteiger partial charge is 0.246 e. The van der Waals surface area contributed by atoms with Gasteiger partial charge in [0.1, 0.15) is 6.61 Å². The lowest BCUT2D eigenvalue weighted by molar-refractivity contribution is -0.125. The van der Waals surface area contributed by atoms with Crippen molar-refractivity contribution in [3.8, 4) is 11.1 Å². The summed E-state index contributed by atoms with van der Waals surface area (Å²) in [4.78, 5) is 11.5. The van der Waals surface area contributed by atoms with Gasteiger partial charge in [-0.3, -0.25) is 4.79 Å². The second-order valence-corrected chi connectivity index (χ2v) is 4.86. The van der Waals surface area contributed by atoms with Crippen LogP contribution in [0.2, 0.25) is 0 Å². The van der Waals surface area contributed by atoms with E-state index < -0.39 is 0 Å². The number of benzene rings is 1. The van der Waals surface area contributed by atoms with Crippen molar-refractivity contribution in [1.29, 1.82) is 0 Å². The van der Waals surface area contributed by atoms with Gasteiger partial charge in [0.25, 0.3) is 0 Å². The Kier molecular flexibility index (Phi) is 5.12. The molecule has 4 heteroatoms. The zero-order valence-electron chi connectivity index (χ0n) is 10.9. The highest BCUT2D eigenvalue weighted by Crippen LogP contribution is 2.25. The molecule has 1 aromatic heterocycles. The molecule has 1 amide bonds. The molecular weight excluding hydrogens is 258 g/mol. The summed E-state index contributed by atoms with van der Waals surface area (Å²) in [5.74, 6) is -0.0815. The molecule has 2 aromatic rings. The van der Waals surface area contributed by atoms with Crippen LogP contribution in [-0.2, 0) is 16.1 Å². The lowest BCUT2D eigenvalue weighted by Crippen LogP contribution is -2.27. The van der Waals surface area contributed by atoms with Gasteiger partial charge in [-0.25, -0.2) is 0 Å². The van der Waals surface area contributed by atoms with Crippen molar-refractivity contribution in [3.05, 3.63) is 46.7 Å². The third-order valence-electron chi connectivity index (χ3n) is 2.76. The first-order valence-electron chi connectivity index (χ1n) is 6.26. The van der Waals surface area contributed by atoms with Gasteiger partial charge in [-0.2, -0.15) is 11.3 Å². The minimum Gasteiger partial charge on any atom is -0.372 e. The number of hydrogen-bond donors (Lipinski definition) is 1. The molecule has 0 aliphatic heterocycles. The van der Waals surface area contributed by atoms with Crippen LogP contribution >= 0.6 is 11.3 Å². The molecule has 0 bridgehead atoms. The molecule has 2 rings (SSSR count). The van der Waals surface area contributed by atoms with E-state index >= 15 is 0 Å². The third-order valence-corrected chi connectivity index (χ3v) is 3.45. The van der Waals surface area contributed by atoms with Gasteiger partial charge in [0.2, 0.25) is 5.91 Å². The Bertz CT molecular complexity index is 523. The fraction of sp³-hybridized carbons (Fsp3) is 0.267. The quantitative estimate of drug-likeness (QED) is 0.880. The van der Waals surface area contributed by atoms with Crippen LogP contribution in [-0.4, -0.2) is 19.1 Å². The molecule has 0 atom stereocenters. The number of nitrogens with one attached hydrogen (secondary N) is 1. The number of ether oxygens (including phenoxy) is 1. The number of thiophene rings is 1. The van der Waals surface area contributed by atoms with E-state index in [1.165, 1.54) is 11.1 Å². The molecule has 0 aliphatic carbocycles.